The quantitative estimate of drug-likeness (QED) is 0.196. The van der Waals surface area contributed by atoms with Crippen LogP contribution in [0, 0.1) is 5.82 Å². The number of halogens is 2. The van der Waals surface area contributed by atoms with E-state index in [2.05, 4.69) is 25.1 Å². The fraction of sp³-hybridized carbons (Fsp3) is 0.0909. The molecule has 1 amide bonds. The maximum Gasteiger partial charge on any atom is 0.411 e. The van der Waals surface area contributed by atoms with Gasteiger partial charge in [-0.1, -0.05) is 54.1 Å². The zero-order valence-electron chi connectivity index (χ0n) is 23.4. The van der Waals surface area contributed by atoms with Gasteiger partial charge in [-0.15, -0.1) is 0 Å². The van der Waals surface area contributed by atoms with Crippen molar-refractivity contribution in [2.75, 3.05) is 12.4 Å². The van der Waals surface area contributed by atoms with Crippen molar-refractivity contribution < 1.29 is 13.9 Å². The van der Waals surface area contributed by atoms with Gasteiger partial charge in [0, 0.05) is 35.0 Å². The lowest BCUT2D eigenvalue weighted by atomic mass is 10.0. The Morgan fingerprint density at radius 3 is 2.52 bits per heavy atom. The highest BCUT2D eigenvalue weighted by molar-refractivity contribution is 6.31. The fourth-order valence-electron chi connectivity index (χ4n) is 5.01. The number of imidazole rings is 1. The zero-order chi connectivity index (χ0) is 30.6. The predicted molar refractivity (Wildman–Crippen MR) is 167 cm³/mol. The second-order valence-electron chi connectivity index (χ2n) is 10.0. The predicted octanol–water partition coefficient (Wildman–Crippen LogP) is 6.89. The monoisotopic (exact) mass is 608 g/mol. The number of anilines is 1. The molecular formula is C33H26ClFN6O3. The third-order valence-corrected chi connectivity index (χ3v) is 7.40. The molecular weight excluding hydrogens is 583 g/mol. The molecule has 3 heterocycles. The zero-order valence-corrected chi connectivity index (χ0v) is 24.2. The minimum absolute atomic E-state index is 0.253. The topological polar surface area (TPSA) is 107 Å². The van der Waals surface area contributed by atoms with Gasteiger partial charge in [0.2, 0.25) is 0 Å². The number of H-pyrrole nitrogens is 1. The lowest BCUT2D eigenvalue weighted by molar-refractivity contribution is 0.187. The SMILES string of the molecule is COC(=O)Nc1ccc(-c2cnc([C@H](Cc3ccccc3)n3ccc(-c4cc(Cl)ccc4-n4cc(F)cn4)cc3=O)[nH]2)cc1. The van der Waals surface area contributed by atoms with Crippen molar-refractivity contribution in [1.82, 2.24) is 24.3 Å². The maximum atomic E-state index is 13.8. The number of ether oxygens (including phenoxy) is 1. The minimum atomic E-state index is -0.552. The Bertz CT molecular complexity index is 1990. The van der Waals surface area contributed by atoms with Gasteiger partial charge in [-0.2, -0.15) is 5.10 Å². The molecule has 3 aromatic carbocycles. The first-order valence-corrected chi connectivity index (χ1v) is 14.0. The lowest BCUT2D eigenvalue weighted by Crippen LogP contribution is -2.27. The number of hydrogen-bond acceptors (Lipinski definition) is 5. The van der Waals surface area contributed by atoms with E-state index in [9.17, 15) is 14.0 Å². The molecule has 0 bridgehead atoms. The molecule has 0 saturated carbocycles. The van der Waals surface area contributed by atoms with Gasteiger partial charge in [0.25, 0.3) is 5.56 Å². The van der Waals surface area contributed by atoms with Gasteiger partial charge >= 0.3 is 6.09 Å². The summed E-state index contributed by atoms with van der Waals surface area (Å²) in [6, 6.07) is 25.1. The summed E-state index contributed by atoms with van der Waals surface area (Å²) in [5, 5.41) is 7.18. The van der Waals surface area contributed by atoms with Crippen molar-refractivity contribution in [1.29, 1.82) is 0 Å². The molecule has 1 atom stereocenters. The largest absolute Gasteiger partial charge is 0.453 e. The third-order valence-electron chi connectivity index (χ3n) is 7.16. The van der Waals surface area contributed by atoms with E-state index < -0.39 is 18.0 Å². The summed E-state index contributed by atoms with van der Waals surface area (Å²) >= 11 is 6.32. The van der Waals surface area contributed by atoms with Gasteiger partial charge < -0.3 is 14.3 Å². The van der Waals surface area contributed by atoms with Gasteiger partial charge in [0.15, 0.2) is 5.82 Å². The lowest BCUT2D eigenvalue weighted by Gasteiger charge is -2.19. The summed E-state index contributed by atoms with van der Waals surface area (Å²) in [4.78, 5) is 33.3. The summed E-state index contributed by atoms with van der Waals surface area (Å²) in [5.74, 6) is 0.127. The van der Waals surface area contributed by atoms with Gasteiger partial charge in [0.05, 0.1) is 43.1 Å². The van der Waals surface area contributed by atoms with Gasteiger partial charge in [-0.25, -0.2) is 18.9 Å². The van der Waals surface area contributed by atoms with E-state index >= 15 is 0 Å². The molecule has 6 aromatic rings. The summed E-state index contributed by atoms with van der Waals surface area (Å²) in [6.07, 6.45) is 5.79. The average molecular weight is 609 g/mol. The molecule has 0 saturated heterocycles. The molecule has 0 fully saturated rings. The van der Waals surface area contributed by atoms with E-state index in [0.717, 1.165) is 23.0 Å². The summed E-state index contributed by atoms with van der Waals surface area (Å²) in [5.41, 5.74) is 4.80. The first-order valence-electron chi connectivity index (χ1n) is 13.6. The van der Waals surface area contributed by atoms with Crippen LogP contribution in [0.1, 0.15) is 17.4 Å². The Kier molecular flexibility index (Phi) is 8.07. The highest BCUT2D eigenvalue weighted by Gasteiger charge is 2.21. The van der Waals surface area contributed by atoms with Crippen LogP contribution in [0.25, 0.3) is 28.1 Å². The van der Waals surface area contributed by atoms with Crippen LogP contribution in [-0.2, 0) is 11.2 Å². The second kappa shape index (κ2) is 12.4. The van der Waals surface area contributed by atoms with Crippen molar-refractivity contribution in [3.63, 3.8) is 0 Å². The van der Waals surface area contributed by atoms with Crippen LogP contribution in [0.15, 0.2) is 115 Å². The average Bonchev–Trinajstić information content (AvgIpc) is 3.70. The van der Waals surface area contributed by atoms with Crippen molar-refractivity contribution in [2.24, 2.45) is 0 Å². The van der Waals surface area contributed by atoms with Crippen LogP contribution in [-0.4, -0.2) is 37.5 Å². The number of aromatic nitrogens is 5. The van der Waals surface area contributed by atoms with Crippen molar-refractivity contribution in [2.45, 2.75) is 12.5 Å². The van der Waals surface area contributed by atoms with E-state index in [-0.39, 0.29) is 5.56 Å². The number of nitrogens with one attached hydrogen (secondary N) is 2. The normalized spacial score (nSPS) is 11.7. The maximum absolute atomic E-state index is 13.8. The summed E-state index contributed by atoms with van der Waals surface area (Å²) in [6.45, 7) is 0. The molecule has 0 aliphatic heterocycles. The number of carbonyl (C=O) groups is 1. The van der Waals surface area contributed by atoms with E-state index in [1.54, 1.807) is 47.3 Å². The van der Waals surface area contributed by atoms with E-state index in [1.807, 2.05) is 48.5 Å². The molecule has 44 heavy (non-hydrogen) atoms. The van der Waals surface area contributed by atoms with Gasteiger partial charge in [-0.3, -0.25) is 10.1 Å². The van der Waals surface area contributed by atoms with Gasteiger partial charge in [0.1, 0.15) is 5.82 Å². The summed E-state index contributed by atoms with van der Waals surface area (Å²) < 4.78 is 21.5. The van der Waals surface area contributed by atoms with Crippen LogP contribution in [0.5, 0.6) is 0 Å². The van der Waals surface area contributed by atoms with Crippen LogP contribution >= 0.6 is 11.6 Å². The van der Waals surface area contributed by atoms with Crippen molar-refractivity contribution in [3.05, 3.63) is 142 Å². The number of aromatic amines is 1. The van der Waals surface area contributed by atoms with E-state index in [0.29, 0.717) is 39.8 Å². The molecule has 6 rings (SSSR count). The molecule has 0 aliphatic carbocycles. The van der Waals surface area contributed by atoms with Crippen LogP contribution in [0.4, 0.5) is 14.9 Å². The summed E-state index contributed by atoms with van der Waals surface area (Å²) in [7, 11) is 1.30. The molecule has 0 spiro atoms. The smallest absolute Gasteiger partial charge is 0.411 e. The highest BCUT2D eigenvalue weighted by Crippen LogP contribution is 2.30. The number of amides is 1. The Morgan fingerprint density at radius 2 is 1.82 bits per heavy atom. The molecule has 11 heteroatoms. The van der Waals surface area contributed by atoms with Crippen molar-refractivity contribution in [3.8, 4) is 28.1 Å². The number of rotatable bonds is 8. The third kappa shape index (κ3) is 6.16. The number of hydrogen-bond donors (Lipinski definition) is 2. The Balaban J connectivity index is 1.36. The van der Waals surface area contributed by atoms with Crippen LogP contribution < -0.4 is 10.9 Å². The fourth-order valence-corrected chi connectivity index (χ4v) is 5.18. The van der Waals surface area contributed by atoms with E-state index in [1.165, 1.54) is 24.1 Å². The Labute approximate surface area is 256 Å². The standard InChI is InChI=1S/C33H26ClFN6O3/c1-44-33(43)38-26-10-7-22(8-11-26)28-19-36-32(39-28)30(15-21-5-3-2-4-6-21)40-14-13-23(16-31(40)42)27-17-24(34)9-12-29(27)41-20-25(35)18-37-41/h2-14,16-20,30H,15H2,1H3,(H,36,39)(H,38,43)/t30-/m0/s1. The molecule has 9 nitrogen and oxygen atoms in total. The Hall–Kier alpha value is -5.48. The molecule has 0 aliphatic rings. The molecule has 2 N–H and O–H groups in total. The number of pyridine rings is 1. The number of benzene rings is 3. The second-order valence-corrected chi connectivity index (χ2v) is 10.4. The number of nitrogens with zero attached hydrogens (tertiary/aromatic N) is 4. The first kappa shape index (κ1) is 28.6. The molecule has 0 unspecified atom stereocenters. The first-order chi connectivity index (χ1) is 21.4. The molecule has 0 radical (unpaired) electrons. The number of carbonyl (C=O) groups excluding carboxylic acids is 1. The molecule has 220 valence electrons. The van der Waals surface area contributed by atoms with Crippen LogP contribution in [0.3, 0.4) is 0 Å². The number of methoxy groups -OCH3 is 1. The molecule has 3 aromatic heterocycles. The minimum Gasteiger partial charge on any atom is -0.453 e. The van der Waals surface area contributed by atoms with Gasteiger partial charge in [-0.05, 0) is 53.1 Å². The highest BCUT2D eigenvalue weighted by atomic mass is 35.5. The van der Waals surface area contributed by atoms with E-state index in [4.69, 9.17) is 11.6 Å². The van der Waals surface area contributed by atoms with Crippen LogP contribution in [0.2, 0.25) is 5.02 Å². The Morgan fingerprint density at radius 1 is 1.02 bits per heavy atom. The van der Waals surface area contributed by atoms with Crippen molar-refractivity contribution >= 4 is 23.4 Å².